The lowest BCUT2D eigenvalue weighted by Gasteiger charge is -2.28. The molecule has 1 fully saturated rings. The number of anilines is 1. The number of rotatable bonds is 8. The van der Waals surface area contributed by atoms with Crippen molar-refractivity contribution in [3.8, 4) is 0 Å². The lowest BCUT2D eigenvalue weighted by Crippen LogP contribution is -2.36. The molecular formula is C21H25N5O5. The van der Waals surface area contributed by atoms with Crippen molar-refractivity contribution in [1.29, 1.82) is 0 Å². The molecular weight excluding hydrogens is 402 g/mol. The van der Waals surface area contributed by atoms with Crippen LogP contribution in [0.3, 0.4) is 0 Å². The molecule has 0 spiro atoms. The Labute approximate surface area is 179 Å². The predicted octanol–water partition coefficient (Wildman–Crippen LogP) is 1.68. The highest BCUT2D eigenvalue weighted by atomic mass is 16.6. The molecule has 1 aliphatic heterocycles. The molecule has 1 aliphatic rings. The third-order valence-corrected chi connectivity index (χ3v) is 4.88. The van der Waals surface area contributed by atoms with Crippen molar-refractivity contribution in [3.63, 3.8) is 0 Å². The molecule has 164 valence electrons. The monoisotopic (exact) mass is 427 g/mol. The van der Waals surface area contributed by atoms with Gasteiger partial charge in [-0.15, -0.1) is 0 Å². The van der Waals surface area contributed by atoms with E-state index in [4.69, 9.17) is 4.74 Å². The van der Waals surface area contributed by atoms with Crippen LogP contribution in [0.1, 0.15) is 32.8 Å². The van der Waals surface area contributed by atoms with Crippen LogP contribution >= 0.6 is 0 Å². The van der Waals surface area contributed by atoms with Gasteiger partial charge in [-0.1, -0.05) is 0 Å². The van der Waals surface area contributed by atoms with Crippen LogP contribution in [0.5, 0.6) is 0 Å². The Morgan fingerprint density at radius 1 is 1.10 bits per heavy atom. The Morgan fingerprint density at radius 3 is 2.35 bits per heavy atom. The molecule has 10 heteroatoms. The summed E-state index contributed by atoms with van der Waals surface area (Å²) in [6, 6.07) is 7.95. The fraction of sp³-hybridized carbons (Fsp3) is 0.381. The van der Waals surface area contributed by atoms with Crippen molar-refractivity contribution in [2.24, 2.45) is 0 Å². The van der Waals surface area contributed by atoms with Crippen molar-refractivity contribution in [1.82, 2.24) is 15.6 Å². The molecule has 2 heterocycles. The van der Waals surface area contributed by atoms with Gasteiger partial charge in [0.25, 0.3) is 17.5 Å². The minimum atomic E-state index is -0.475. The van der Waals surface area contributed by atoms with Crippen LogP contribution in [-0.4, -0.2) is 61.1 Å². The molecule has 0 radical (unpaired) electrons. The van der Waals surface area contributed by atoms with E-state index in [1.54, 1.807) is 24.3 Å². The number of pyridine rings is 1. The van der Waals surface area contributed by atoms with Gasteiger partial charge in [0.1, 0.15) is 5.69 Å². The zero-order valence-corrected chi connectivity index (χ0v) is 17.3. The number of morpholine rings is 1. The van der Waals surface area contributed by atoms with Crippen molar-refractivity contribution in [2.75, 3.05) is 44.3 Å². The molecule has 2 amide bonds. The first-order valence-corrected chi connectivity index (χ1v) is 10.1. The molecule has 0 saturated carbocycles. The summed E-state index contributed by atoms with van der Waals surface area (Å²) >= 11 is 0. The van der Waals surface area contributed by atoms with Crippen molar-refractivity contribution in [2.45, 2.75) is 13.3 Å². The van der Waals surface area contributed by atoms with Gasteiger partial charge < -0.3 is 20.3 Å². The van der Waals surface area contributed by atoms with E-state index in [0.29, 0.717) is 57.1 Å². The summed E-state index contributed by atoms with van der Waals surface area (Å²) in [5.74, 6) is -0.626. The maximum Gasteiger partial charge on any atom is 0.293 e. The highest BCUT2D eigenvalue weighted by molar-refractivity contribution is 5.96. The van der Waals surface area contributed by atoms with E-state index < -0.39 is 10.8 Å². The van der Waals surface area contributed by atoms with Crippen molar-refractivity contribution < 1.29 is 19.2 Å². The number of nitro benzene ring substituents is 1. The number of hydrogen-bond acceptors (Lipinski definition) is 7. The summed E-state index contributed by atoms with van der Waals surface area (Å²) in [4.78, 5) is 41.4. The topological polar surface area (TPSA) is 127 Å². The van der Waals surface area contributed by atoms with Gasteiger partial charge in [0.05, 0.1) is 23.7 Å². The van der Waals surface area contributed by atoms with E-state index in [2.05, 4.69) is 15.6 Å². The lowest BCUT2D eigenvalue weighted by atomic mass is 10.1. The fourth-order valence-electron chi connectivity index (χ4n) is 3.18. The van der Waals surface area contributed by atoms with Crippen LogP contribution in [0.2, 0.25) is 0 Å². The van der Waals surface area contributed by atoms with Crippen LogP contribution in [0.15, 0.2) is 36.5 Å². The number of nitro groups is 1. The van der Waals surface area contributed by atoms with Gasteiger partial charge in [-0.3, -0.25) is 24.7 Å². The van der Waals surface area contributed by atoms with E-state index >= 15 is 0 Å². The number of aromatic nitrogens is 1. The molecule has 1 aromatic heterocycles. The number of hydrogen-bond donors (Lipinski definition) is 2. The second-order valence-corrected chi connectivity index (χ2v) is 7.11. The smallest absolute Gasteiger partial charge is 0.293 e. The molecule has 0 atom stereocenters. The highest BCUT2D eigenvalue weighted by Gasteiger charge is 2.23. The molecule has 10 nitrogen and oxygen atoms in total. The second-order valence-electron chi connectivity index (χ2n) is 7.11. The number of carbonyl (C=O) groups is 2. The molecule has 0 aliphatic carbocycles. The Hall–Kier alpha value is -3.53. The van der Waals surface area contributed by atoms with E-state index in [-0.39, 0.29) is 17.2 Å². The molecule has 1 aromatic carbocycles. The Bertz CT molecular complexity index is 942. The largest absolute Gasteiger partial charge is 0.378 e. The van der Waals surface area contributed by atoms with Gasteiger partial charge in [-0.05, 0) is 37.6 Å². The SMILES string of the molecule is Cc1ccc(C(=O)NCCCNC(=O)c2ccc(N3CCOCC3)c([N+](=O)[O-])c2)cn1. The third kappa shape index (κ3) is 5.98. The predicted molar refractivity (Wildman–Crippen MR) is 114 cm³/mol. The summed E-state index contributed by atoms with van der Waals surface area (Å²) in [7, 11) is 0. The highest BCUT2D eigenvalue weighted by Crippen LogP contribution is 2.29. The van der Waals surface area contributed by atoms with Gasteiger partial charge >= 0.3 is 0 Å². The van der Waals surface area contributed by atoms with Gasteiger partial charge in [0.2, 0.25) is 0 Å². The third-order valence-electron chi connectivity index (χ3n) is 4.88. The molecule has 2 N–H and O–H groups in total. The van der Waals surface area contributed by atoms with Crippen LogP contribution < -0.4 is 15.5 Å². The molecule has 3 rings (SSSR count). The van der Waals surface area contributed by atoms with Crippen molar-refractivity contribution >= 4 is 23.2 Å². The van der Waals surface area contributed by atoms with Crippen LogP contribution in [0, 0.1) is 17.0 Å². The van der Waals surface area contributed by atoms with Crippen molar-refractivity contribution in [3.05, 3.63) is 63.5 Å². The number of benzene rings is 1. The minimum Gasteiger partial charge on any atom is -0.378 e. The maximum atomic E-state index is 12.4. The number of ether oxygens (including phenoxy) is 1. The normalized spacial score (nSPS) is 13.5. The quantitative estimate of drug-likeness (QED) is 0.373. The van der Waals surface area contributed by atoms with E-state index in [0.717, 1.165) is 5.69 Å². The van der Waals surface area contributed by atoms with Crippen LogP contribution in [0.4, 0.5) is 11.4 Å². The summed E-state index contributed by atoms with van der Waals surface area (Å²) in [5.41, 5.74) is 1.91. The van der Waals surface area contributed by atoms with Gasteiger partial charge in [0.15, 0.2) is 0 Å². The van der Waals surface area contributed by atoms with E-state index in [9.17, 15) is 19.7 Å². The zero-order valence-electron chi connectivity index (χ0n) is 17.3. The number of aryl methyl sites for hydroxylation is 1. The lowest BCUT2D eigenvalue weighted by molar-refractivity contribution is -0.384. The number of nitrogens with zero attached hydrogens (tertiary/aromatic N) is 3. The second kappa shape index (κ2) is 10.5. The summed E-state index contributed by atoms with van der Waals surface area (Å²) in [5, 5.41) is 17.0. The zero-order chi connectivity index (χ0) is 22.2. The summed E-state index contributed by atoms with van der Waals surface area (Å²) < 4.78 is 5.29. The van der Waals surface area contributed by atoms with Gasteiger partial charge in [-0.25, -0.2) is 0 Å². The van der Waals surface area contributed by atoms with Crippen LogP contribution in [0.25, 0.3) is 0 Å². The molecule has 1 saturated heterocycles. The first-order valence-electron chi connectivity index (χ1n) is 10.1. The Morgan fingerprint density at radius 2 is 1.74 bits per heavy atom. The molecule has 2 aromatic rings. The van der Waals surface area contributed by atoms with Crippen LogP contribution in [-0.2, 0) is 4.74 Å². The summed E-state index contributed by atoms with van der Waals surface area (Å²) in [6.07, 6.45) is 2.03. The van der Waals surface area contributed by atoms with Gasteiger partial charge in [-0.2, -0.15) is 0 Å². The average molecular weight is 427 g/mol. The van der Waals surface area contributed by atoms with E-state index in [1.165, 1.54) is 12.3 Å². The maximum absolute atomic E-state index is 12.4. The Kier molecular flexibility index (Phi) is 7.50. The average Bonchev–Trinajstić information content (AvgIpc) is 2.79. The molecule has 0 unspecified atom stereocenters. The number of nitrogens with one attached hydrogen (secondary N) is 2. The fourth-order valence-corrected chi connectivity index (χ4v) is 3.18. The van der Waals surface area contributed by atoms with E-state index in [1.807, 2.05) is 11.8 Å². The molecule has 0 bridgehead atoms. The van der Waals surface area contributed by atoms with Gasteiger partial charge in [0, 0.05) is 49.7 Å². The molecule has 31 heavy (non-hydrogen) atoms. The summed E-state index contributed by atoms with van der Waals surface area (Å²) in [6.45, 7) is 4.70. The first-order chi connectivity index (χ1) is 15.0. The Balaban J connectivity index is 1.49. The number of carbonyl (C=O) groups excluding carboxylic acids is 2. The first kappa shape index (κ1) is 22.2. The minimum absolute atomic E-state index is 0.103. The number of amides is 2. The standard InChI is InChI=1S/C21H25N5O5/c1-15-3-4-17(14-24-15)21(28)23-8-2-7-22-20(27)16-5-6-18(19(13-16)26(29)30)25-9-11-31-12-10-25/h3-6,13-14H,2,7-12H2,1H3,(H,22,27)(H,23,28).